The number of benzene rings is 1. The third-order valence-corrected chi connectivity index (χ3v) is 4.00. The highest BCUT2D eigenvalue weighted by Crippen LogP contribution is 2.16. The Morgan fingerprint density at radius 2 is 2.25 bits per heavy atom. The molecule has 1 aliphatic heterocycles. The number of fused-ring (bicyclic) bond motifs is 1. The molecule has 1 aliphatic rings. The standard InChI is InChI=1S/C16H20N2O2/c1-11-3-4-15-14(7-11)16(19)8-12(17-15)9-18-6-5-13(10-18)20-2/h3-4,7-8,13H,5-6,9-10H2,1-2H3,(H,17,19)/t13-/m1/s1. The fourth-order valence-corrected chi connectivity index (χ4v) is 2.88. The van der Waals surface area contributed by atoms with Gasteiger partial charge in [-0.15, -0.1) is 0 Å². The van der Waals surface area contributed by atoms with Crippen molar-refractivity contribution in [3.63, 3.8) is 0 Å². The van der Waals surface area contributed by atoms with Crippen LogP contribution in [-0.2, 0) is 11.3 Å². The maximum Gasteiger partial charge on any atom is 0.189 e. The van der Waals surface area contributed by atoms with E-state index in [9.17, 15) is 4.79 Å². The molecular weight excluding hydrogens is 252 g/mol. The molecule has 2 aromatic rings. The lowest BCUT2D eigenvalue weighted by Crippen LogP contribution is -2.23. The number of aromatic nitrogens is 1. The molecule has 1 aromatic heterocycles. The van der Waals surface area contributed by atoms with E-state index < -0.39 is 0 Å². The van der Waals surface area contributed by atoms with Crippen molar-refractivity contribution in [3.8, 4) is 0 Å². The summed E-state index contributed by atoms with van der Waals surface area (Å²) in [4.78, 5) is 17.9. The van der Waals surface area contributed by atoms with E-state index in [1.54, 1.807) is 13.2 Å². The first-order chi connectivity index (χ1) is 9.65. The van der Waals surface area contributed by atoms with Gasteiger partial charge in [-0.3, -0.25) is 9.69 Å². The number of ether oxygens (including phenoxy) is 1. The molecule has 1 atom stereocenters. The summed E-state index contributed by atoms with van der Waals surface area (Å²) >= 11 is 0. The van der Waals surface area contributed by atoms with Crippen molar-refractivity contribution >= 4 is 10.9 Å². The molecule has 0 unspecified atom stereocenters. The van der Waals surface area contributed by atoms with Crippen LogP contribution in [0.15, 0.2) is 29.1 Å². The van der Waals surface area contributed by atoms with Crippen molar-refractivity contribution in [2.24, 2.45) is 0 Å². The highest BCUT2D eigenvalue weighted by atomic mass is 16.5. The second-order valence-corrected chi connectivity index (χ2v) is 5.59. The maximum absolute atomic E-state index is 12.2. The summed E-state index contributed by atoms with van der Waals surface area (Å²) in [6.07, 6.45) is 1.39. The lowest BCUT2D eigenvalue weighted by molar-refractivity contribution is 0.107. The molecule has 4 nitrogen and oxygen atoms in total. The minimum absolute atomic E-state index is 0.0972. The molecule has 0 radical (unpaired) electrons. The van der Waals surface area contributed by atoms with E-state index >= 15 is 0 Å². The Balaban J connectivity index is 1.86. The number of aromatic amines is 1. The van der Waals surface area contributed by atoms with Crippen LogP contribution in [0.3, 0.4) is 0 Å². The van der Waals surface area contributed by atoms with Gasteiger partial charge in [0.05, 0.1) is 6.10 Å². The normalized spacial score (nSPS) is 19.8. The van der Waals surface area contributed by atoms with Crippen molar-refractivity contribution in [2.45, 2.75) is 26.0 Å². The summed E-state index contributed by atoms with van der Waals surface area (Å²) in [5.74, 6) is 0. The molecule has 1 N–H and O–H groups in total. The minimum Gasteiger partial charge on any atom is -0.380 e. The third kappa shape index (κ3) is 2.62. The van der Waals surface area contributed by atoms with Gasteiger partial charge in [-0.1, -0.05) is 11.6 Å². The molecule has 0 aliphatic carbocycles. The van der Waals surface area contributed by atoms with Crippen LogP contribution in [-0.4, -0.2) is 36.2 Å². The van der Waals surface area contributed by atoms with Crippen LogP contribution < -0.4 is 5.43 Å². The summed E-state index contributed by atoms with van der Waals surface area (Å²) in [7, 11) is 1.76. The van der Waals surface area contributed by atoms with Crippen LogP contribution in [0.5, 0.6) is 0 Å². The van der Waals surface area contributed by atoms with Crippen LogP contribution in [0.2, 0.25) is 0 Å². The molecule has 0 bridgehead atoms. The van der Waals surface area contributed by atoms with E-state index in [-0.39, 0.29) is 5.43 Å². The first-order valence-electron chi connectivity index (χ1n) is 7.03. The van der Waals surface area contributed by atoms with Crippen LogP contribution in [0.1, 0.15) is 17.7 Å². The molecule has 20 heavy (non-hydrogen) atoms. The van der Waals surface area contributed by atoms with E-state index in [1.165, 1.54) is 0 Å². The van der Waals surface area contributed by atoms with Gasteiger partial charge in [-0.05, 0) is 25.5 Å². The fourth-order valence-electron chi connectivity index (χ4n) is 2.88. The number of hydrogen-bond acceptors (Lipinski definition) is 3. The Bertz CT molecular complexity index is 678. The van der Waals surface area contributed by atoms with Gasteiger partial charge in [-0.25, -0.2) is 0 Å². The van der Waals surface area contributed by atoms with Crippen molar-refractivity contribution < 1.29 is 4.74 Å². The topological polar surface area (TPSA) is 45.3 Å². The molecule has 1 aromatic carbocycles. The summed E-state index contributed by atoms with van der Waals surface area (Å²) in [6.45, 7) is 4.73. The third-order valence-electron chi connectivity index (χ3n) is 4.00. The second kappa shape index (κ2) is 5.38. The molecule has 1 saturated heterocycles. The Hall–Kier alpha value is -1.65. The summed E-state index contributed by atoms with van der Waals surface area (Å²) < 4.78 is 5.37. The number of nitrogens with one attached hydrogen (secondary N) is 1. The van der Waals surface area contributed by atoms with E-state index in [4.69, 9.17) is 4.74 Å². The van der Waals surface area contributed by atoms with Crippen LogP contribution in [0.4, 0.5) is 0 Å². The smallest absolute Gasteiger partial charge is 0.189 e. The lowest BCUT2D eigenvalue weighted by Gasteiger charge is -2.15. The average Bonchev–Trinajstić information content (AvgIpc) is 2.87. The zero-order chi connectivity index (χ0) is 14.1. The Labute approximate surface area is 118 Å². The summed E-state index contributed by atoms with van der Waals surface area (Å²) in [6, 6.07) is 7.67. The maximum atomic E-state index is 12.2. The van der Waals surface area contributed by atoms with Gasteiger partial charge in [0.2, 0.25) is 0 Å². The zero-order valence-corrected chi connectivity index (χ0v) is 12.0. The fraction of sp³-hybridized carbons (Fsp3) is 0.438. The van der Waals surface area contributed by atoms with E-state index in [2.05, 4.69) is 9.88 Å². The van der Waals surface area contributed by atoms with Gasteiger partial charge in [0.15, 0.2) is 5.43 Å². The number of likely N-dealkylation sites (tertiary alicyclic amines) is 1. The molecule has 3 rings (SSSR count). The van der Waals surface area contributed by atoms with E-state index in [1.807, 2.05) is 25.1 Å². The molecule has 106 valence electrons. The predicted octanol–water partition coefficient (Wildman–Crippen LogP) is 2.06. The Morgan fingerprint density at radius 3 is 3.00 bits per heavy atom. The first-order valence-corrected chi connectivity index (χ1v) is 7.03. The minimum atomic E-state index is 0.0972. The number of nitrogens with zero attached hydrogens (tertiary/aromatic N) is 1. The Morgan fingerprint density at radius 1 is 1.40 bits per heavy atom. The van der Waals surface area contributed by atoms with Crippen molar-refractivity contribution in [1.29, 1.82) is 0 Å². The van der Waals surface area contributed by atoms with Gasteiger partial charge < -0.3 is 9.72 Å². The van der Waals surface area contributed by atoms with Crippen LogP contribution in [0.25, 0.3) is 10.9 Å². The molecular formula is C16H20N2O2. The SMILES string of the molecule is CO[C@@H]1CCN(Cc2cc(=O)c3cc(C)ccc3[nH]2)C1. The number of methoxy groups -OCH3 is 1. The number of rotatable bonds is 3. The van der Waals surface area contributed by atoms with Crippen LogP contribution >= 0.6 is 0 Å². The summed E-state index contributed by atoms with van der Waals surface area (Å²) in [5, 5.41) is 0.768. The predicted molar refractivity (Wildman–Crippen MR) is 80.0 cm³/mol. The second-order valence-electron chi connectivity index (χ2n) is 5.59. The van der Waals surface area contributed by atoms with Gasteiger partial charge in [-0.2, -0.15) is 0 Å². The van der Waals surface area contributed by atoms with Crippen molar-refractivity contribution in [3.05, 3.63) is 45.7 Å². The molecule has 4 heteroatoms. The van der Waals surface area contributed by atoms with Crippen molar-refractivity contribution in [2.75, 3.05) is 20.2 Å². The molecule has 0 spiro atoms. The highest BCUT2D eigenvalue weighted by Gasteiger charge is 2.22. The molecule has 0 amide bonds. The largest absolute Gasteiger partial charge is 0.380 e. The lowest BCUT2D eigenvalue weighted by atomic mass is 10.1. The van der Waals surface area contributed by atoms with Gasteiger partial charge in [0.25, 0.3) is 0 Å². The highest BCUT2D eigenvalue weighted by molar-refractivity contribution is 5.79. The summed E-state index contributed by atoms with van der Waals surface area (Å²) in [5.41, 5.74) is 3.10. The number of pyridine rings is 1. The Kier molecular flexibility index (Phi) is 3.59. The van der Waals surface area contributed by atoms with E-state index in [0.29, 0.717) is 6.10 Å². The van der Waals surface area contributed by atoms with Gasteiger partial charge in [0, 0.05) is 49.4 Å². The number of aryl methyl sites for hydroxylation is 1. The van der Waals surface area contributed by atoms with Crippen molar-refractivity contribution in [1.82, 2.24) is 9.88 Å². The van der Waals surface area contributed by atoms with Crippen LogP contribution in [0, 0.1) is 6.92 Å². The number of H-pyrrole nitrogens is 1. The van der Waals surface area contributed by atoms with Gasteiger partial charge in [0.1, 0.15) is 0 Å². The first kappa shape index (κ1) is 13.3. The monoisotopic (exact) mass is 272 g/mol. The van der Waals surface area contributed by atoms with E-state index in [0.717, 1.165) is 48.2 Å². The average molecular weight is 272 g/mol. The molecule has 2 heterocycles. The van der Waals surface area contributed by atoms with Gasteiger partial charge >= 0.3 is 0 Å². The molecule has 1 fully saturated rings. The quantitative estimate of drug-likeness (QED) is 0.930. The number of hydrogen-bond donors (Lipinski definition) is 1. The zero-order valence-electron chi connectivity index (χ0n) is 12.0. The molecule has 0 saturated carbocycles.